The first-order valence-electron chi connectivity index (χ1n) is 8.48. The number of hydrogen-bond acceptors (Lipinski definition) is 5. The van der Waals surface area contributed by atoms with Gasteiger partial charge in [-0.1, -0.05) is 23.8 Å². The maximum atomic E-state index is 12.1. The van der Waals surface area contributed by atoms with Crippen molar-refractivity contribution in [3.05, 3.63) is 71.8 Å². The lowest BCUT2D eigenvalue weighted by molar-refractivity contribution is -0.119. The first kappa shape index (κ1) is 21.3. The molecule has 2 aromatic rings. The summed E-state index contributed by atoms with van der Waals surface area (Å²) in [6.07, 6.45) is 1.42. The van der Waals surface area contributed by atoms with Crippen LogP contribution in [0, 0.1) is 13.8 Å². The van der Waals surface area contributed by atoms with Crippen molar-refractivity contribution in [2.24, 2.45) is 0 Å². The molecule has 2 N–H and O–H groups in total. The molecule has 8 heteroatoms. The fourth-order valence-electron chi connectivity index (χ4n) is 2.38. The van der Waals surface area contributed by atoms with Gasteiger partial charge in [-0.15, -0.1) is 6.58 Å². The molecule has 0 fully saturated rings. The van der Waals surface area contributed by atoms with Crippen molar-refractivity contribution < 1.29 is 22.7 Å². The Balaban J connectivity index is 1.94. The van der Waals surface area contributed by atoms with E-state index < -0.39 is 28.5 Å². The van der Waals surface area contributed by atoms with E-state index in [9.17, 15) is 18.0 Å². The molecule has 7 nitrogen and oxygen atoms in total. The molecule has 0 unspecified atom stereocenters. The number of anilines is 1. The molecule has 0 bridgehead atoms. The Morgan fingerprint density at radius 2 is 1.79 bits per heavy atom. The summed E-state index contributed by atoms with van der Waals surface area (Å²) < 4.78 is 31.3. The fraction of sp³-hybridized carbons (Fsp3) is 0.200. The SMILES string of the molecule is C=CCNS(=O)(=O)c1ccc(C(=O)OCC(=O)Nc2ccc(C)cc2C)cc1. The highest BCUT2D eigenvalue weighted by molar-refractivity contribution is 7.89. The minimum absolute atomic E-state index is 0.0125. The van der Waals surface area contributed by atoms with Gasteiger partial charge in [-0.2, -0.15) is 0 Å². The zero-order chi connectivity index (χ0) is 20.7. The number of sulfonamides is 1. The predicted octanol–water partition coefficient (Wildman–Crippen LogP) is 2.56. The van der Waals surface area contributed by atoms with Crippen LogP contribution >= 0.6 is 0 Å². The highest BCUT2D eigenvalue weighted by atomic mass is 32.2. The van der Waals surface area contributed by atoms with Crippen LogP contribution in [0.15, 0.2) is 60.0 Å². The van der Waals surface area contributed by atoms with E-state index in [0.29, 0.717) is 5.69 Å². The Labute approximate surface area is 164 Å². The molecule has 0 saturated heterocycles. The van der Waals surface area contributed by atoms with Crippen LogP contribution in [0.4, 0.5) is 5.69 Å². The normalized spacial score (nSPS) is 10.9. The minimum atomic E-state index is -3.67. The molecule has 0 aliphatic carbocycles. The van der Waals surface area contributed by atoms with E-state index in [1.165, 1.54) is 30.3 Å². The number of amides is 1. The predicted molar refractivity (Wildman–Crippen MR) is 107 cm³/mol. The molecule has 2 rings (SSSR count). The number of carbonyl (C=O) groups excluding carboxylic acids is 2. The van der Waals surface area contributed by atoms with Crippen molar-refractivity contribution in [1.29, 1.82) is 0 Å². The summed E-state index contributed by atoms with van der Waals surface area (Å²) in [7, 11) is -3.67. The Kier molecular flexibility index (Phi) is 7.08. The molecular weight excluding hydrogens is 380 g/mol. The summed E-state index contributed by atoms with van der Waals surface area (Å²) >= 11 is 0. The lowest BCUT2D eigenvalue weighted by Gasteiger charge is -2.10. The summed E-state index contributed by atoms with van der Waals surface area (Å²) in [4.78, 5) is 24.1. The second-order valence-corrected chi connectivity index (χ2v) is 7.87. The number of benzene rings is 2. The number of rotatable bonds is 8. The van der Waals surface area contributed by atoms with Gasteiger partial charge in [-0.25, -0.2) is 17.9 Å². The van der Waals surface area contributed by atoms with Crippen molar-refractivity contribution in [2.75, 3.05) is 18.5 Å². The monoisotopic (exact) mass is 402 g/mol. The quantitative estimate of drug-likeness (QED) is 0.522. The molecule has 2 aromatic carbocycles. The van der Waals surface area contributed by atoms with Crippen LogP contribution < -0.4 is 10.0 Å². The highest BCUT2D eigenvalue weighted by Crippen LogP contribution is 2.16. The van der Waals surface area contributed by atoms with Gasteiger partial charge in [0.1, 0.15) is 0 Å². The Morgan fingerprint density at radius 1 is 1.11 bits per heavy atom. The average molecular weight is 402 g/mol. The second-order valence-electron chi connectivity index (χ2n) is 6.11. The maximum Gasteiger partial charge on any atom is 0.338 e. The first-order valence-corrected chi connectivity index (χ1v) is 9.96. The summed E-state index contributed by atoms with van der Waals surface area (Å²) in [6, 6.07) is 10.8. The van der Waals surface area contributed by atoms with Crippen molar-refractivity contribution in [2.45, 2.75) is 18.7 Å². The summed E-state index contributed by atoms with van der Waals surface area (Å²) in [5, 5.41) is 2.68. The van der Waals surface area contributed by atoms with E-state index in [1.807, 2.05) is 26.0 Å². The van der Waals surface area contributed by atoms with E-state index >= 15 is 0 Å². The maximum absolute atomic E-state index is 12.1. The van der Waals surface area contributed by atoms with E-state index in [-0.39, 0.29) is 17.0 Å². The molecule has 0 saturated carbocycles. The van der Waals surface area contributed by atoms with Crippen LogP contribution in [0.1, 0.15) is 21.5 Å². The van der Waals surface area contributed by atoms with Gasteiger partial charge in [0.05, 0.1) is 10.5 Å². The number of nitrogens with one attached hydrogen (secondary N) is 2. The number of hydrogen-bond donors (Lipinski definition) is 2. The molecule has 28 heavy (non-hydrogen) atoms. The second kappa shape index (κ2) is 9.29. The fourth-order valence-corrected chi connectivity index (χ4v) is 3.38. The largest absolute Gasteiger partial charge is 0.452 e. The van der Waals surface area contributed by atoms with Crippen LogP contribution in [0.5, 0.6) is 0 Å². The van der Waals surface area contributed by atoms with E-state index in [1.54, 1.807) is 6.07 Å². The van der Waals surface area contributed by atoms with E-state index in [4.69, 9.17) is 4.74 Å². The third kappa shape index (κ3) is 5.77. The van der Waals surface area contributed by atoms with Gasteiger partial charge in [0.15, 0.2) is 6.61 Å². The molecule has 148 valence electrons. The Hall–Kier alpha value is -2.97. The van der Waals surface area contributed by atoms with Crippen LogP contribution in [0.3, 0.4) is 0 Å². The number of aryl methyl sites for hydroxylation is 2. The van der Waals surface area contributed by atoms with E-state index in [0.717, 1.165) is 11.1 Å². The third-order valence-corrected chi connectivity index (χ3v) is 5.25. The van der Waals surface area contributed by atoms with Gasteiger partial charge in [-0.3, -0.25) is 4.79 Å². The van der Waals surface area contributed by atoms with Crippen molar-refractivity contribution in [1.82, 2.24) is 4.72 Å². The van der Waals surface area contributed by atoms with Gasteiger partial charge in [-0.05, 0) is 49.7 Å². The standard InChI is InChI=1S/C20H22N2O5S/c1-4-11-21-28(25,26)17-8-6-16(7-9-17)20(24)27-13-19(23)22-18-10-5-14(2)12-15(18)3/h4-10,12,21H,1,11,13H2,2-3H3,(H,22,23). The lowest BCUT2D eigenvalue weighted by Crippen LogP contribution is -2.24. The third-order valence-electron chi connectivity index (χ3n) is 3.81. The van der Waals surface area contributed by atoms with Gasteiger partial charge in [0.2, 0.25) is 10.0 Å². The van der Waals surface area contributed by atoms with Crippen LogP contribution in [0.2, 0.25) is 0 Å². The van der Waals surface area contributed by atoms with Crippen LogP contribution in [-0.2, 0) is 19.6 Å². The smallest absolute Gasteiger partial charge is 0.338 e. The summed E-state index contributed by atoms with van der Waals surface area (Å²) in [5.41, 5.74) is 2.77. The molecule has 0 spiro atoms. The molecule has 0 heterocycles. The van der Waals surface area contributed by atoms with Crippen molar-refractivity contribution >= 4 is 27.6 Å². The molecule has 0 atom stereocenters. The topological polar surface area (TPSA) is 102 Å². The minimum Gasteiger partial charge on any atom is -0.452 e. The van der Waals surface area contributed by atoms with Crippen LogP contribution in [-0.4, -0.2) is 33.4 Å². The average Bonchev–Trinajstić information content (AvgIpc) is 2.67. The summed E-state index contributed by atoms with van der Waals surface area (Å²) in [5.74, 6) is -1.19. The van der Waals surface area contributed by atoms with Gasteiger partial charge >= 0.3 is 5.97 Å². The first-order chi connectivity index (χ1) is 13.2. The molecule has 1 amide bonds. The zero-order valence-corrected chi connectivity index (χ0v) is 16.5. The highest BCUT2D eigenvalue weighted by Gasteiger charge is 2.15. The zero-order valence-electron chi connectivity index (χ0n) is 15.7. The summed E-state index contributed by atoms with van der Waals surface area (Å²) in [6.45, 7) is 6.91. The van der Waals surface area contributed by atoms with Crippen molar-refractivity contribution in [3.63, 3.8) is 0 Å². The lowest BCUT2D eigenvalue weighted by atomic mass is 10.1. The Bertz CT molecular complexity index is 982. The van der Waals surface area contributed by atoms with Crippen molar-refractivity contribution in [3.8, 4) is 0 Å². The van der Waals surface area contributed by atoms with E-state index in [2.05, 4.69) is 16.6 Å². The van der Waals surface area contributed by atoms with Gasteiger partial charge in [0, 0.05) is 12.2 Å². The van der Waals surface area contributed by atoms with Gasteiger partial charge < -0.3 is 10.1 Å². The number of carbonyl (C=O) groups is 2. The molecule has 0 radical (unpaired) electrons. The molecule has 0 aliphatic heterocycles. The number of esters is 1. The number of ether oxygens (including phenoxy) is 1. The van der Waals surface area contributed by atoms with Crippen LogP contribution in [0.25, 0.3) is 0 Å². The van der Waals surface area contributed by atoms with Gasteiger partial charge in [0.25, 0.3) is 5.91 Å². The molecular formula is C20H22N2O5S. The Morgan fingerprint density at radius 3 is 2.39 bits per heavy atom. The molecule has 0 aliphatic rings. The molecule has 0 aromatic heterocycles.